The first kappa shape index (κ1) is 15.6. The largest absolute Gasteiger partial charge is 0.340 e. The lowest BCUT2D eigenvalue weighted by molar-refractivity contribution is -0.129. The Hall–Kier alpha value is -1.74. The SMILES string of the molecule is Cc1cccc(CN(C)C(=O)C(S)Cc2ccccc2)c1. The Morgan fingerprint density at radius 1 is 1.10 bits per heavy atom. The molecule has 0 saturated heterocycles. The highest BCUT2D eigenvalue weighted by atomic mass is 32.1. The molecule has 0 aromatic heterocycles. The number of rotatable bonds is 5. The van der Waals surface area contributed by atoms with Crippen LogP contribution in [0.4, 0.5) is 0 Å². The molecule has 3 heteroatoms. The van der Waals surface area contributed by atoms with E-state index in [-0.39, 0.29) is 11.2 Å². The second-order valence-electron chi connectivity index (χ2n) is 5.39. The summed E-state index contributed by atoms with van der Waals surface area (Å²) in [5.41, 5.74) is 3.49. The van der Waals surface area contributed by atoms with Gasteiger partial charge in [0, 0.05) is 13.6 Å². The van der Waals surface area contributed by atoms with E-state index in [9.17, 15) is 4.79 Å². The Labute approximate surface area is 132 Å². The fourth-order valence-electron chi connectivity index (χ4n) is 2.34. The van der Waals surface area contributed by atoms with Gasteiger partial charge in [-0.3, -0.25) is 4.79 Å². The molecule has 1 amide bonds. The van der Waals surface area contributed by atoms with Gasteiger partial charge in [0.15, 0.2) is 0 Å². The van der Waals surface area contributed by atoms with Crippen molar-refractivity contribution < 1.29 is 4.79 Å². The molecular formula is C18H21NOS. The quantitative estimate of drug-likeness (QED) is 0.838. The minimum atomic E-state index is -0.304. The van der Waals surface area contributed by atoms with Gasteiger partial charge in [-0.05, 0) is 24.5 Å². The smallest absolute Gasteiger partial charge is 0.235 e. The van der Waals surface area contributed by atoms with Crippen molar-refractivity contribution in [3.63, 3.8) is 0 Å². The van der Waals surface area contributed by atoms with Crippen LogP contribution in [0, 0.1) is 6.92 Å². The summed E-state index contributed by atoms with van der Waals surface area (Å²) >= 11 is 4.47. The van der Waals surface area contributed by atoms with Crippen molar-refractivity contribution in [2.24, 2.45) is 0 Å². The van der Waals surface area contributed by atoms with Crippen LogP contribution in [0.2, 0.25) is 0 Å². The topological polar surface area (TPSA) is 20.3 Å². The fourth-order valence-corrected chi connectivity index (χ4v) is 2.75. The Kier molecular flexibility index (Phi) is 5.45. The summed E-state index contributed by atoms with van der Waals surface area (Å²) in [5, 5.41) is -0.304. The van der Waals surface area contributed by atoms with Gasteiger partial charge in [0.2, 0.25) is 5.91 Å². The van der Waals surface area contributed by atoms with Gasteiger partial charge in [-0.25, -0.2) is 0 Å². The molecule has 1 unspecified atom stereocenters. The number of aryl methyl sites for hydroxylation is 1. The van der Waals surface area contributed by atoms with E-state index in [4.69, 9.17) is 0 Å². The summed E-state index contributed by atoms with van der Waals surface area (Å²) in [6.07, 6.45) is 0.654. The van der Waals surface area contributed by atoms with E-state index in [1.807, 2.05) is 49.5 Å². The third-order valence-electron chi connectivity index (χ3n) is 3.44. The van der Waals surface area contributed by atoms with Crippen LogP contribution in [0.25, 0.3) is 0 Å². The van der Waals surface area contributed by atoms with Gasteiger partial charge in [0.05, 0.1) is 5.25 Å². The second-order valence-corrected chi connectivity index (χ2v) is 6.01. The van der Waals surface area contributed by atoms with Crippen LogP contribution in [0.15, 0.2) is 54.6 Å². The first-order chi connectivity index (χ1) is 10.1. The zero-order chi connectivity index (χ0) is 15.2. The molecule has 0 bridgehead atoms. The molecule has 0 N–H and O–H groups in total. The van der Waals surface area contributed by atoms with E-state index in [1.165, 1.54) is 5.56 Å². The van der Waals surface area contributed by atoms with E-state index in [0.29, 0.717) is 13.0 Å². The van der Waals surface area contributed by atoms with Crippen molar-refractivity contribution in [1.82, 2.24) is 4.90 Å². The molecule has 0 aliphatic rings. The lowest BCUT2D eigenvalue weighted by Gasteiger charge is -2.21. The average Bonchev–Trinajstić information content (AvgIpc) is 2.47. The van der Waals surface area contributed by atoms with E-state index >= 15 is 0 Å². The van der Waals surface area contributed by atoms with Crippen LogP contribution in [0.5, 0.6) is 0 Å². The van der Waals surface area contributed by atoms with Crippen molar-refractivity contribution in [1.29, 1.82) is 0 Å². The first-order valence-electron chi connectivity index (χ1n) is 7.09. The molecule has 0 fully saturated rings. The third kappa shape index (κ3) is 4.64. The van der Waals surface area contributed by atoms with Crippen molar-refractivity contribution in [3.05, 3.63) is 71.3 Å². The summed E-state index contributed by atoms with van der Waals surface area (Å²) in [7, 11) is 1.83. The molecular weight excluding hydrogens is 278 g/mol. The number of thiol groups is 1. The molecule has 2 aromatic rings. The second kappa shape index (κ2) is 7.32. The predicted octanol–water partition coefficient (Wildman–Crippen LogP) is 3.49. The molecule has 110 valence electrons. The third-order valence-corrected chi connectivity index (χ3v) is 3.84. The minimum absolute atomic E-state index is 0.0590. The maximum absolute atomic E-state index is 12.4. The number of benzene rings is 2. The number of amides is 1. The zero-order valence-electron chi connectivity index (χ0n) is 12.5. The van der Waals surface area contributed by atoms with E-state index in [1.54, 1.807) is 4.90 Å². The summed E-state index contributed by atoms with van der Waals surface area (Å²) in [6, 6.07) is 18.2. The van der Waals surface area contributed by atoms with Crippen molar-refractivity contribution in [2.75, 3.05) is 7.05 Å². The first-order valence-corrected chi connectivity index (χ1v) is 7.60. The van der Waals surface area contributed by atoms with Gasteiger partial charge < -0.3 is 4.90 Å². The highest BCUT2D eigenvalue weighted by molar-refractivity contribution is 7.81. The summed E-state index contributed by atoms with van der Waals surface area (Å²) in [5.74, 6) is 0.0590. The Morgan fingerprint density at radius 2 is 1.76 bits per heavy atom. The standard InChI is InChI=1S/C18H21NOS/c1-14-7-6-10-16(11-14)13-19(2)18(20)17(21)12-15-8-4-3-5-9-15/h3-11,17,21H,12-13H2,1-2H3. The predicted molar refractivity (Wildman–Crippen MR) is 90.6 cm³/mol. The highest BCUT2D eigenvalue weighted by Crippen LogP contribution is 2.13. The fraction of sp³-hybridized carbons (Fsp3) is 0.278. The van der Waals surface area contributed by atoms with Crippen molar-refractivity contribution in [2.45, 2.75) is 25.1 Å². The number of carbonyl (C=O) groups excluding carboxylic acids is 1. The Morgan fingerprint density at radius 3 is 2.43 bits per heavy atom. The monoisotopic (exact) mass is 299 g/mol. The Bertz CT molecular complexity index is 597. The van der Waals surface area contributed by atoms with Gasteiger partial charge in [-0.2, -0.15) is 12.6 Å². The molecule has 0 spiro atoms. The normalized spacial score (nSPS) is 12.0. The molecule has 0 aliphatic heterocycles. The van der Waals surface area contributed by atoms with Crippen LogP contribution in [0.1, 0.15) is 16.7 Å². The molecule has 2 nitrogen and oxygen atoms in total. The van der Waals surface area contributed by atoms with Gasteiger partial charge in [-0.15, -0.1) is 0 Å². The summed E-state index contributed by atoms with van der Waals surface area (Å²) in [4.78, 5) is 14.1. The molecule has 0 radical (unpaired) electrons. The van der Waals surface area contributed by atoms with Crippen LogP contribution in [-0.4, -0.2) is 23.1 Å². The van der Waals surface area contributed by atoms with Crippen LogP contribution >= 0.6 is 12.6 Å². The number of hydrogen-bond donors (Lipinski definition) is 1. The Balaban J connectivity index is 1.95. The lowest BCUT2D eigenvalue weighted by atomic mass is 10.1. The van der Waals surface area contributed by atoms with Gasteiger partial charge >= 0.3 is 0 Å². The van der Waals surface area contributed by atoms with E-state index in [0.717, 1.165) is 11.1 Å². The molecule has 0 heterocycles. The van der Waals surface area contributed by atoms with Crippen LogP contribution in [-0.2, 0) is 17.8 Å². The van der Waals surface area contributed by atoms with Gasteiger partial charge in [0.25, 0.3) is 0 Å². The van der Waals surface area contributed by atoms with Gasteiger partial charge in [0.1, 0.15) is 0 Å². The molecule has 0 saturated carbocycles. The van der Waals surface area contributed by atoms with Crippen LogP contribution < -0.4 is 0 Å². The zero-order valence-corrected chi connectivity index (χ0v) is 13.4. The van der Waals surface area contributed by atoms with Gasteiger partial charge in [-0.1, -0.05) is 60.2 Å². The molecule has 21 heavy (non-hydrogen) atoms. The molecule has 2 aromatic carbocycles. The van der Waals surface area contributed by atoms with Crippen LogP contribution in [0.3, 0.4) is 0 Å². The molecule has 0 aliphatic carbocycles. The number of hydrogen-bond acceptors (Lipinski definition) is 2. The summed E-state index contributed by atoms with van der Waals surface area (Å²) < 4.78 is 0. The number of nitrogens with zero attached hydrogens (tertiary/aromatic N) is 1. The van der Waals surface area contributed by atoms with Crippen molar-refractivity contribution in [3.8, 4) is 0 Å². The maximum atomic E-state index is 12.4. The molecule has 2 rings (SSSR count). The maximum Gasteiger partial charge on any atom is 0.235 e. The summed E-state index contributed by atoms with van der Waals surface area (Å²) in [6.45, 7) is 2.68. The van der Waals surface area contributed by atoms with E-state index < -0.39 is 0 Å². The lowest BCUT2D eigenvalue weighted by Crippen LogP contribution is -2.34. The van der Waals surface area contributed by atoms with Crippen molar-refractivity contribution >= 4 is 18.5 Å². The highest BCUT2D eigenvalue weighted by Gasteiger charge is 2.18. The van der Waals surface area contributed by atoms with E-state index in [2.05, 4.69) is 31.7 Å². The number of carbonyl (C=O) groups is 1. The molecule has 1 atom stereocenters. The average molecular weight is 299 g/mol. The minimum Gasteiger partial charge on any atom is -0.340 e.